The predicted octanol–water partition coefficient (Wildman–Crippen LogP) is 0.841. The van der Waals surface area contributed by atoms with Crippen molar-refractivity contribution in [2.24, 2.45) is 7.05 Å². The molecule has 8 heteroatoms. The zero-order valence-corrected chi connectivity index (χ0v) is 14.7. The van der Waals surface area contributed by atoms with Gasteiger partial charge in [0.05, 0.1) is 17.9 Å². The molecule has 1 heterocycles. The van der Waals surface area contributed by atoms with Crippen LogP contribution in [0.2, 0.25) is 0 Å². The Morgan fingerprint density at radius 1 is 1.12 bits per heavy atom. The van der Waals surface area contributed by atoms with Gasteiger partial charge in [-0.05, 0) is 44.8 Å². The molecule has 25 heavy (non-hydrogen) atoms. The number of nitrogens with zero attached hydrogens (tertiary/aromatic N) is 3. The fraction of sp³-hybridized carbons (Fsp3) is 0.294. The molecular formula is C17H21N5O3. The van der Waals surface area contributed by atoms with E-state index in [4.69, 9.17) is 0 Å². The Morgan fingerprint density at radius 2 is 1.84 bits per heavy atom. The summed E-state index contributed by atoms with van der Waals surface area (Å²) in [6.07, 6.45) is 0. The minimum Gasteiger partial charge on any atom is -0.323 e. The number of hydrogen-bond donors (Lipinski definition) is 2. The van der Waals surface area contributed by atoms with Crippen LogP contribution < -0.4 is 16.2 Å². The van der Waals surface area contributed by atoms with E-state index in [0.29, 0.717) is 11.4 Å². The summed E-state index contributed by atoms with van der Waals surface area (Å²) in [6.45, 7) is 2.11. The number of amides is 2. The third kappa shape index (κ3) is 4.98. The van der Waals surface area contributed by atoms with E-state index in [1.807, 2.05) is 13.0 Å². The van der Waals surface area contributed by atoms with Crippen LogP contribution in [0.5, 0.6) is 0 Å². The molecule has 132 valence electrons. The summed E-state index contributed by atoms with van der Waals surface area (Å²) in [6, 6.07) is 7.96. The molecule has 0 bridgehead atoms. The van der Waals surface area contributed by atoms with E-state index in [2.05, 4.69) is 15.7 Å². The molecule has 0 atom stereocenters. The van der Waals surface area contributed by atoms with Crippen LogP contribution in [-0.4, -0.2) is 47.1 Å². The number of carbonyl (C=O) groups excluding carboxylic acids is 2. The van der Waals surface area contributed by atoms with Gasteiger partial charge in [0.25, 0.3) is 11.5 Å². The molecule has 8 nitrogen and oxygen atoms in total. The number of likely N-dealkylation sites (N-methyl/N-ethyl adjacent to an activating group) is 1. The van der Waals surface area contributed by atoms with Crippen LogP contribution >= 0.6 is 0 Å². The van der Waals surface area contributed by atoms with Crippen molar-refractivity contribution in [3.05, 3.63) is 51.9 Å². The number of nitrogens with one attached hydrogen (secondary N) is 2. The van der Waals surface area contributed by atoms with Gasteiger partial charge in [-0.15, -0.1) is 0 Å². The number of hydrogen-bond acceptors (Lipinski definition) is 5. The monoisotopic (exact) mass is 343 g/mol. The van der Waals surface area contributed by atoms with Crippen molar-refractivity contribution in [2.75, 3.05) is 31.3 Å². The molecule has 0 aliphatic carbocycles. The first-order chi connectivity index (χ1) is 11.8. The molecule has 0 unspecified atom stereocenters. The second-order valence-electron chi connectivity index (χ2n) is 5.97. The standard InChI is InChI=1S/C17H21N5O3/c1-11-5-6-12(18-15(23)10-21(2)3)14(9-11)19-17(25)13-7-8-16(24)22(4)20-13/h5-9H,10H2,1-4H3,(H,18,23)(H,19,25). The summed E-state index contributed by atoms with van der Waals surface area (Å²) in [7, 11) is 5.06. The summed E-state index contributed by atoms with van der Waals surface area (Å²) in [5, 5.41) is 9.42. The molecule has 0 saturated heterocycles. The van der Waals surface area contributed by atoms with Crippen molar-refractivity contribution in [1.82, 2.24) is 14.7 Å². The van der Waals surface area contributed by atoms with Crippen molar-refractivity contribution in [2.45, 2.75) is 6.92 Å². The first kappa shape index (κ1) is 18.3. The normalized spacial score (nSPS) is 10.6. The Labute approximate surface area is 145 Å². The Bertz CT molecular complexity index is 858. The van der Waals surface area contributed by atoms with Gasteiger partial charge in [0.2, 0.25) is 5.91 Å². The molecule has 0 aliphatic rings. The lowest BCUT2D eigenvalue weighted by Crippen LogP contribution is -2.28. The fourth-order valence-corrected chi connectivity index (χ4v) is 2.16. The maximum Gasteiger partial charge on any atom is 0.276 e. The number of aromatic nitrogens is 2. The number of rotatable bonds is 5. The van der Waals surface area contributed by atoms with Crippen LogP contribution in [-0.2, 0) is 11.8 Å². The quantitative estimate of drug-likeness (QED) is 0.839. The number of benzene rings is 1. The molecule has 2 aromatic rings. The summed E-state index contributed by atoms with van der Waals surface area (Å²) >= 11 is 0. The van der Waals surface area contributed by atoms with Crippen molar-refractivity contribution in [3.8, 4) is 0 Å². The van der Waals surface area contributed by atoms with Crippen molar-refractivity contribution >= 4 is 23.2 Å². The molecule has 0 radical (unpaired) electrons. The Morgan fingerprint density at radius 3 is 2.48 bits per heavy atom. The Kier molecular flexibility index (Phi) is 5.66. The van der Waals surface area contributed by atoms with Crippen molar-refractivity contribution < 1.29 is 9.59 Å². The molecule has 0 spiro atoms. The van der Waals surface area contributed by atoms with E-state index in [-0.39, 0.29) is 23.7 Å². The SMILES string of the molecule is Cc1ccc(NC(=O)CN(C)C)c(NC(=O)c2ccc(=O)n(C)n2)c1. The highest BCUT2D eigenvalue weighted by Crippen LogP contribution is 2.23. The average molecular weight is 343 g/mol. The number of carbonyl (C=O) groups is 2. The van der Waals surface area contributed by atoms with Crippen molar-refractivity contribution in [3.63, 3.8) is 0 Å². The second kappa shape index (κ2) is 7.71. The highest BCUT2D eigenvalue weighted by atomic mass is 16.2. The largest absolute Gasteiger partial charge is 0.323 e. The Hall–Kier alpha value is -3.00. The Balaban J connectivity index is 2.24. The second-order valence-corrected chi connectivity index (χ2v) is 5.97. The molecule has 0 fully saturated rings. The molecule has 1 aromatic heterocycles. The lowest BCUT2D eigenvalue weighted by Gasteiger charge is -2.15. The molecule has 2 amide bonds. The molecule has 2 rings (SSSR count). The molecule has 0 saturated carbocycles. The van der Waals surface area contributed by atoms with Gasteiger partial charge in [0, 0.05) is 13.1 Å². The molecule has 1 aromatic carbocycles. The maximum absolute atomic E-state index is 12.4. The van der Waals surface area contributed by atoms with Gasteiger partial charge in [0.1, 0.15) is 5.69 Å². The third-order valence-electron chi connectivity index (χ3n) is 3.35. The minimum absolute atomic E-state index is 0.106. The van der Waals surface area contributed by atoms with Crippen LogP contribution in [0.3, 0.4) is 0 Å². The van der Waals surface area contributed by atoms with Crippen LogP contribution in [0.25, 0.3) is 0 Å². The zero-order valence-electron chi connectivity index (χ0n) is 14.7. The lowest BCUT2D eigenvalue weighted by molar-refractivity contribution is -0.116. The van der Waals surface area contributed by atoms with Gasteiger partial charge in [-0.25, -0.2) is 4.68 Å². The van der Waals surface area contributed by atoms with Crippen LogP contribution in [0.4, 0.5) is 11.4 Å². The minimum atomic E-state index is -0.468. The highest BCUT2D eigenvalue weighted by molar-refractivity contribution is 6.06. The first-order valence-corrected chi connectivity index (χ1v) is 7.67. The molecule has 0 aliphatic heterocycles. The van der Waals surface area contributed by atoms with Crippen LogP contribution in [0, 0.1) is 6.92 Å². The molecule has 2 N–H and O–H groups in total. The summed E-state index contributed by atoms with van der Waals surface area (Å²) in [4.78, 5) is 37.5. The predicted molar refractivity (Wildman–Crippen MR) is 95.8 cm³/mol. The van der Waals surface area contributed by atoms with E-state index in [1.165, 1.54) is 19.2 Å². The van der Waals surface area contributed by atoms with E-state index in [9.17, 15) is 14.4 Å². The fourth-order valence-electron chi connectivity index (χ4n) is 2.16. The first-order valence-electron chi connectivity index (χ1n) is 7.67. The van der Waals surface area contributed by atoms with Gasteiger partial charge in [-0.3, -0.25) is 14.4 Å². The summed E-state index contributed by atoms with van der Waals surface area (Å²) in [5.74, 6) is -0.658. The van der Waals surface area contributed by atoms with Crippen molar-refractivity contribution in [1.29, 1.82) is 0 Å². The average Bonchev–Trinajstić information content (AvgIpc) is 2.51. The smallest absolute Gasteiger partial charge is 0.276 e. The van der Waals surface area contributed by atoms with Gasteiger partial charge < -0.3 is 15.5 Å². The zero-order chi connectivity index (χ0) is 18.6. The maximum atomic E-state index is 12.4. The molecular weight excluding hydrogens is 322 g/mol. The topological polar surface area (TPSA) is 96.3 Å². The van der Waals surface area contributed by atoms with Crippen LogP contribution in [0.15, 0.2) is 35.1 Å². The van der Waals surface area contributed by atoms with E-state index < -0.39 is 5.91 Å². The van der Waals surface area contributed by atoms with Gasteiger partial charge in [-0.2, -0.15) is 5.10 Å². The van der Waals surface area contributed by atoms with E-state index >= 15 is 0 Å². The summed E-state index contributed by atoms with van der Waals surface area (Å²) in [5.41, 5.74) is 1.69. The van der Waals surface area contributed by atoms with Gasteiger partial charge >= 0.3 is 0 Å². The van der Waals surface area contributed by atoms with Gasteiger partial charge in [0.15, 0.2) is 0 Å². The number of anilines is 2. The third-order valence-corrected chi connectivity index (χ3v) is 3.35. The lowest BCUT2D eigenvalue weighted by atomic mass is 10.2. The van der Waals surface area contributed by atoms with E-state index in [0.717, 1.165) is 10.2 Å². The number of aryl methyl sites for hydroxylation is 2. The van der Waals surface area contributed by atoms with Gasteiger partial charge in [-0.1, -0.05) is 6.07 Å². The van der Waals surface area contributed by atoms with E-state index in [1.54, 1.807) is 31.1 Å². The highest BCUT2D eigenvalue weighted by Gasteiger charge is 2.13. The van der Waals surface area contributed by atoms with Crippen LogP contribution in [0.1, 0.15) is 16.1 Å². The summed E-state index contributed by atoms with van der Waals surface area (Å²) < 4.78 is 1.09.